The highest BCUT2D eigenvalue weighted by molar-refractivity contribution is 5.75. The van der Waals surface area contributed by atoms with Gasteiger partial charge in [-0.3, -0.25) is 14.5 Å². The Bertz CT molecular complexity index is 1230. The van der Waals surface area contributed by atoms with E-state index in [0.29, 0.717) is 24.6 Å². The highest BCUT2D eigenvalue weighted by Gasteiger charge is 2.55. The largest absolute Gasteiger partial charge is 0.480 e. The Hall–Kier alpha value is -3.10. The summed E-state index contributed by atoms with van der Waals surface area (Å²) in [4.78, 5) is 27.8. The Morgan fingerprint density at radius 2 is 1.97 bits per heavy atom. The van der Waals surface area contributed by atoms with Crippen LogP contribution in [-0.4, -0.2) is 45.1 Å². The molecule has 6 rings (SSSR count). The van der Waals surface area contributed by atoms with Crippen molar-refractivity contribution in [3.8, 4) is 11.5 Å². The number of fused-ring (bicyclic) bond motifs is 4. The van der Waals surface area contributed by atoms with Gasteiger partial charge in [0.05, 0.1) is 6.04 Å². The fraction of sp³-hybridized carbons (Fsp3) is 0.462. The molecule has 1 aliphatic carbocycles. The first-order chi connectivity index (χ1) is 16.6. The van der Waals surface area contributed by atoms with Crippen LogP contribution in [0.2, 0.25) is 0 Å². The summed E-state index contributed by atoms with van der Waals surface area (Å²) in [5.74, 6) is -0.246. The molecule has 1 saturated heterocycles. The maximum Gasteiger partial charge on any atom is 0.321 e. The Labute approximate surface area is 197 Å². The minimum absolute atomic E-state index is 0.00774. The molecule has 1 aromatic carbocycles. The predicted octanol–water partition coefficient (Wildman–Crippen LogP) is 2.78. The first kappa shape index (κ1) is 21.4. The normalized spacial score (nSPS) is 27.4. The van der Waals surface area contributed by atoms with Gasteiger partial charge in [0.25, 0.3) is 5.56 Å². The first-order valence-electron chi connectivity index (χ1n) is 12.0. The number of ether oxygens (including phenoxy) is 2. The molecule has 4 atom stereocenters. The molecule has 0 spiro atoms. The summed E-state index contributed by atoms with van der Waals surface area (Å²) in [6.45, 7) is 0.724. The molecule has 4 aliphatic rings. The topological polar surface area (TPSA) is 101 Å². The summed E-state index contributed by atoms with van der Waals surface area (Å²) in [6, 6.07) is 8.43. The number of carboxylic acid groups (broad SMARTS) is 1. The van der Waals surface area contributed by atoms with Gasteiger partial charge >= 0.3 is 5.97 Å². The quantitative estimate of drug-likeness (QED) is 0.702. The number of carbonyl (C=O) groups is 1. The van der Waals surface area contributed by atoms with Crippen molar-refractivity contribution in [2.75, 3.05) is 13.4 Å². The Balaban J connectivity index is 1.40. The zero-order chi connectivity index (χ0) is 23.4. The van der Waals surface area contributed by atoms with Gasteiger partial charge in [0.2, 0.25) is 6.79 Å². The second kappa shape index (κ2) is 8.29. The number of nitrogens with zero attached hydrogens (tertiary/aromatic N) is 2. The van der Waals surface area contributed by atoms with Gasteiger partial charge in [-0.15, -0.1) is 0 Å². The lowest BCUT2D eigenvalue weighted by Gasteiger charge is -2.29. The number of likely N-dealkylation sites (tertiary alicyclic amines) is 1. The zero-order valence-electron chi connectivity index (χ0n) is 18.9. The first-order valence-corrected chi connectivity index (χ1v) is 12.0. The smallest absolute Gasteiger partial charge is 0.321 e. The highest BCUT2D eigenvalue weighted by Crippen LogP contribution is 2.50. The number of allylic oxidation sites excluding steroid dienone is 2. The zero-order valence-corrected chi connectivity index (χ0v) is 18.9. The van der Waals surface area contributed by atoms with Gasteiger partial charge < -0.3 is 24.3 Å². The summed E-state index contributed by atoms with van der Waals surface area (Å²) in [5, 5.41) is 20.3. The maximum atomic E-state index is 13.5. The molecular weight excluding hydrogens is 436 g/mol. The monoisotopic (exact) mass is 464 g/mol. The number of benzene rings is 1. The Kier molecular flexibility index (Phi) is 5.22. The van der Waals surface area contributed by atoms with E-state index in [0.717, 1.165) is 48.1 Å². The van der Waals surface area contributed by atoms with Gasteiger partial charge in [-0.25, -0.2) is 0 Å². The molecule has 34 heavy (non-hydrogen) atoms. The Morgan fingerprint density at radius 1 is 1.12 bits per heavy atom. The van der Waals surface area contributed by atoms with Crippen molar-refractivity contribution in [1.82, 2.24) is 9.47 Å². The Morgan fingerprint density at radius 3 is 2.74 bits per heavy atom. The fourth-order valence-corrected chi connectivity index (χ4v) is 6.34. The van der Waals surface area contributed by atoms with Crippen LogP contribution >= 0.6 is 0 Å². The third kappa shape index (κ3) is 3.27. The molecule has 0 saturated carbocycles. The van der Waals surface area contributed by atoms with Crippen molar-refractivity contribution in [2.24, 2.45) is 11.8 Å². The van der Waals surface area contributed by atoms with Crippen LogP contribution < -0.4 is 15.0 Å². The van der Waals surface area contributed by atoms with Crippen molar-refractivity contribution in [3.63, 3.8) is 0 Å². The van der Waals surface area contributed by atoms with Crippen molar-refractivity contribution in [1.29, 1.82) is 0 Å². The van der Waals surface area contributed by atoms with Crippen LogP contribution in [0.4, 0.5) is 0 Å². The second-order valence-electron chi connectivity index (χ2n) is 9.66. The van der Waals surface area contributed by atoms with Gasteiger partial charge in [0, 0.05) is 42.8 Å². The lowest BCUT2D eigenvalue weighted by atomic mass is 9.88. The molecule has 4 heterocycles. The van der Waals surface area contributed by atoms with Crippen molar-refractivity contribution in [3.05, 3.63) is 63.6 Å². The maximum absolute atomic E-state index is 13.5. The minimum Gasteiger partial charge on any atom is -0.480 e. The number of aliphatic hydroxyl groups is 1. The van der Waals surface area contributed by atoms with E-state index in [9.17, 15) is 19.8 Å². The summed E-state index contributed by atoms with van der Waals surface area (Å²) < 4.78 is 12.7. The summed E-state index contributed by atoms with van der Waals surface area (Å²) >= 11 is 0. The number of aliphatic hydroxyl groups excluding tert-OH is 1. The van der Waals surface area contributed by atoms with E-state index in [4.69, 9.17) is 9.47 Å². The van der Waals surface area contributed by atoms with Crippen LogP contribution in [0.5, 0.6) is 11.5 Å². The lowest BCUT2D eigenvalue weighted by molar-refractivity contribution is -0.145. The standard InChI is InChI=1S/C26H28N2O6/c29-13-19-18-12-27-20(8-7-17(25(27)30)16-4-2-1-3-5-16)23(18)28(24(19)26(31)32)11-15-6-9-21-22(10-15)34-14-33-21/h4,6-10,18-19,23-24,29H,1-3,5,11-14H2,(H,31,32)/t18-,19-,23+,24-/m1/s1. The highest BCUT2D eigenvalue weighted by atomic mass is 16.7. The van der Waals surface area contributed by atoms with E-state index in [1.807, 2.05) is 39.8 Å². The van der Waals surface area contributed by atoms with Crippen LogP contribution in [0.3, 0.4) is 0 Å². The molecule has 2 aromatic rings. The van der Waals surface area contributed by atoms with Crippen LogP contribution in [0, 0.1) is 11.8 Å². The summed E-state index contributed by atoms with van der Waals surface area (Å²) in [5.41, 5.74) is 3.59. The van der Waals surface area contributed by atoms with Crippen LogP contribution in [0.15, 0.2) is 41.2 Å². The number of rotatable bonds is 5. The lowest BCUT2D eigenvalue weighted by Crippen LogP contribution is -2.42. The van der Waals surface area contributed by atoms with Crippen LogP contribution in [0.25, 0.3) is 5.57 Å². The molecule has 0 bridgehead atoms. The van der Waals surface area contributed by atoms with E-state index in [-0.39, 0.29) is 30.9 Å². The van der Waals surface area contributed by atoms with Gasteiger partial charge in [0.15, 0.2) is 11.5 Å². The minimum atomic E-state index is -0.952. The molecule has 0 radical (unpaired) electrons. The van der Waals surface area contributed by atoms with E-state index in [1.165, 1.54) is 0 Å². The second-order valence-corrected chi connectivity index (χ2v) is 9.66. The van der Waals surface area contributed by atoms with Crippen molar-refractivity contribution >= 4 is 11.5 Å². The molecule has 8 nitrogen and oxygen atoms in total. The fourth-order valence-electron chi connectivity index (χ4n) is 6.34. The summed E-state index contributed by atoms with van der Waals surface area (Å²) in [7, 11) is 0. The van der Waals surface area contributed by atoms with Crippen LogP contribution in [0.1, 0.15) is 48.5 Å². The molecule has 0 amide bonds. The third-order valence-electron chi connectivity index (χ3n) is 7.88. The van der Waals surface area contributed by atoms with E-state index in [2.05, 4.69) is 6.08 Å². The van der Waals surface area contributed by atoms with Gasteiger partial charge in [-0.1, -0.05) is 12.1 Å². The molecular formula is C26H28N2O6. The predicted molar refractivity (Wildman–Crippen MR) is 123 cm³/mol. The number of pyridine rings is 1. The molecule has 8 heteroatoms. The number of aromatic nitrogens is 1. The number of hydrogen-bond donors (Lipinski definition) is 2. The summed E-state index contributed by atoms with van der Waals surface area (Å²) in [6.07, 6.45) is 6.33. The molecule has 1 fully saturated rings. The average Bonchev–Trinajstić information content (AvgIpc) is 3.53. The van der Waals surface area contributed by atoms with Crippen molar-refractivity contribution < 1.29 is 24.5 Å². The number of hydrogen-bond acceptors (Lipinski definition) is 6. The molecule has 1 aromatic heterocycles. The van der Waals surface area contributed by atoms with Crippen molar-refractivity contribution in [2.45, 2.75) is 50.9 Å². The average molecular weight is 465 g/mol. The van der Waals surface area contributed by atoms with E-state index >= 15 is 0 Å². The molecule has 0 unspecified atom stereocenters. The van der Waals surface area contributed by atoms with E-state index in [1.54, 1.807) is 0 Å². The third-order valence-corrected chi connectivity index (χ3v) is 7.88. The van der Waals surface area contributed by atoms with Gasteiger partial charge in [0.1, 0.15) is 6.04 Å². The number of aliphatic carboxylic acids is 1. The van der Waals surface area contributed by atoms with E-state index < -0.39 is 17.9 Å². The molecule has 3 aliphatic heterocycles. The molecule has 2 N–H and O–H groups in total. The SMILES string of the molecule is O=C(O)[C@H]1[C@H](CO)[C@H]2Cn3c(ccc(C4=CCCCC4)c3=O)[C@H]2N1Cc1ccc2c(c1)OCO2. The van der Waals surface area contributed by atoms with Crippen LogP contribution in [-0.2, 0) is 17.9 Å². The number of carboxylic acids is 1. The van der Waals surface area contributed by atoms with Gasteiger partial charge in [-0.05, 0) is 61.1 Å². The van der Waals surface area contributed by atoms with Gasteiger partial charge in [-0.2, -0.15) is 0 Å². The molecule has 178 valence electrons.